The van der Waals surface area contributed by atoms with Crippen molar-refractivity contribution in [2.75, 3.05) is 51.4 Å². The van der Waals surface area contributed by atoms with E-state index in [0.717, 1.165) is 25.3 Å². The zero-order valence-electron chi connectivity index (χ0n) is 11.3. The topological polar surface area (TPSA) is 87.8 Å². The van der Waals surface area contributed by atoms with E-state index in [9.17, 15) is 4.79 Å². The first-order valence-corrected chi connectivity index (χ1v) is 6.08. The molecule has 0 radical (unpaired) electrons. The minimum Gasteiger partial charge on any atom is -0.478 e. The van der Waals surface area contributed by atoms with Crippen molar-refractivity contribution in [2.45, 2.75) is 0 Å². The summed E-state index contributed by atoms with van der Waals surface area (Å²) in [5.41, 5.74) is 6.74. The molecule has 4 N–H and O–H groups in total. The molecular formula is C13H21N3O3. The maximum atomic E-state index is 10.9. The Labute approximate surface area is 113 Å². The molecule has 0 bridgehead atoms. The van der Waals surface area contributed by atoms with E-state index in [4.69, 9.17) is 15.6 Å². The van der Waals surface area contributed by atoms with Gasteiger partial charge in [0, 0.05) is 38.1 Å². The number of aromatic carboxylic acids is 1. The van der Waals surface area contributed by atoms with Crippen LogP contribution in [0.5, 0.6) is 0 Å². The highest BCUT2D eigenvalue weighted by molar-refractivity contribution is 5.94. The number of nitrogen functional groups attached to an aromatic ring is 1. The normalized spacial score (nSPS) is 10.7. The van der Waals surface area contributed by atoms with Crippen molar-refractivity contribution in [1.82, 2.24) is 4.90 Å². The number of anilines is 2. The van der Waals surface area contributed by atoms with Gasteiger partial charge in [-0.25, -0.2) is 4.79 Å². The van der Waals surface area contributed by atoms with Gasteiger partial charge in [-0.15, -0.1) is 0 Å². The molecule has 0 aliphatic rings. The monoisotopic (exact) mass is 267 g/mol. The molecule has 0 heterocycles. The van der Waals surface area contributed by atoms with Crippen LogP contribution in [0.2, 0.25) is 0 Å². The second-order valence-electron chi connectivity index (χ2n) is 4.33. The van der Waals surface area contributed by atoms with Gasteiger partial charge in [0.2, 0.25) is 0 Å². The Morgan fingerprint density at radius 1 is 1.47 bits per heavy atom. The van der Waals surface area contributed by atoms with Crippen LogP contribution in [0.3, 0.4) is 0 Å². The first-order chi connectivity index (χ1) is 9.04. The van der Waals surface area contributed by atoms with Crippen LogP contribution >= 0.6 is 0 Å². The molecule has 0 aromatic heterocycles. The molecule has 0 aliphatic carbocycles. The fourth-order valence-corrected chi connectivity index (χ4v) is 1.60. The van der Waals surface area contributed by atoms with E-state index in [1.54, 1.807) is 25.3 Å². The number of rotatable bonds is 8. The van der Waals surface area contributed by atoms with E-state index in [-0.39, 0.29) is 11.3 Å². The smallest absolute Gasteiger partial charge is 0.337 e. The molecule has 0 saturated carbocycles. The Bertz CT molecular complexity index is 424. The summed E-state index contributed by atoms with van der Waals surface area (Å²) in [6.45, 7) is 3.13. The third-order valence-electron chi connectivity index (χ3n) is 2.78. The lowest BCUT2D eigenvalue weighted by molar-refractivity contribution is 0.0698. The summed E-state index contributed by atoms with van der Waals surface area (Å²) in [5, 5.41) is 12.1. The minimum atomic E-state index is -1.02. The van der Waals surface area contributed by atoms with Crippen molar-refractivity contribution in [1.29, 1.82) is 0 Å². The Hall–Kier alpha value is -1.79. The zero-order valence-corrected chi connectivity index (χ0v) is 11.3. The lowest BCUT2D eigenvalue weighted by atomic mass is 10.1. The molecule has 0 saturated heterocycles. The molecule has 0 atom stereocenters. The van der Waals surface area contributed by atoms with Crippen LogP contribution in [0, 0.1) is 0 Å². The van der Waals surface area contributed by atoms with Gasteiger partial charge >= 0.3 is 5.97 Å². The number of hydrogen-bond donors (Lipinski definition) is 3. The first kappa shape index (κ1) is 15.3. The number of hydrogen-bond acceptors (Lipinski definition) is 5. The second kappa shape index (κ2) is 7.60. The van der Waals surface area contributed by atoms with E-state index in [2.05, 4.69) is 10.2 Å². The number of nitrogens with zero attached hydrogens (tertiary/aromatic N) is 1. The van der Waals surface area contributed by atoms with Gasteiger partial charge in [0.15, 0.2) is 0 Å². The predicted molar refractivity (Wildman–Crippen MR) is 75.7 cm³/mol. The largest absolute Gasteiger partial charge is 0.478 e. The van der Waals surface area contributed by atoms with E-state index >= 15 is 0 Å². The summed E-state index contributed by atoms with van der Waals surface area (Å²) in [6.07, 6.45) is 0. The maximum Gasteiger partial charge on any atom is 0.337 e. The number of carboxylic acids is 1. The Morgan fingerprint density at radius 3 is 2.84 bits per heavy atom. The van der Waals surface area contributed by atoms with Gasteiger partial charge < -0.3 is 25.8 Å². The predicted octanol–water partition coefficient (Wildman–Crippen LogP) is 0.957. The molecule has 1 aromatic carbocycles. The molecule has 6 nitrogen and oxygen atoms in total. The highest BCUT2D eigenvalue weighted by atomic mass is 16.5. The molecule has 0 aliphatic heterocycles. The van der Waals surface area contributed by atoms with Crippen LogP contribution in [0.15, 0.2) is 18.2 Å². The van der Waals surface area contributed by atoms with E-state index < -0.39 is 5.97 Å². The fraction of sp³-hybridized carbons (Fsp3) is 0.462. The number of benzene rings is 1. The van der Waals surface area contributed by atoms with E-state index in [1.807, 2.05) is 7.05 Å². The van der Waals surface area contributed by atoms with Gasteiger partial charge in [0.25, 0.3) is 0 Å². The molecule has 0 unspecified atom stereocenters. The molecule has 1 rings (SSSR count). The van der Waals surface area contributed by atoms with Crippen LogP contribution in [0.25, 0.3) is 0 Å². The summed E-state index contributed by atoms with van der Waals surface area (Å²) in [5.74, 6) is -1.02. The van der Waals surface area contributed by atoms with Crippen LogP contribution in [-0.4, -0.2) is 56.4 Å². The van der Waals surface area contributed by atoms with Crippen molar-refractivity contribution in [3.8, 4) is 0 Å². The number of carbonyl (C=O) groups is 1. The first-order valence-electron chi connectivity index (χ1n) is 6.08. The quantitative estimate of drug-likeness (QED) is 0.608. The lowest BCUT2D eigenvalue weighted by Crippen LogP contribution is -2.28. The molecular weight excluding hydrogens is 246 g/mol. The summed E-state index contributed by atoms with van der Waals surface area (Å²) < 4.78 is 4.99. The van der Waals surface area contributed by atoms with Crippen LogP contribution in [0.1, 0.15) is 10.4 Å². The second-order valence-corrected chi connectivity index (χ2v) is 4.33. The molecule has 0 amide bonds. The van der Waals surface area contributed by atoms with Crippen molar-refractivity contribution >= 4 is 17.3 Å². The number of carboxylic acid groups (broad SMARTS) is 1. The fourth-order valence-electron chi connectivity index (χ4n) is 1.60. The average molecular weight is 267 g/mol. The maximum absolute atomic E-state index is 10.9. The van der Waals surface area contributed by atoms with Gasteiger partial charge in [-0.3, -0.25) is 0 Å². The Kier molecular flexibility index (Phi) is 6.11. The van der Waals surface area contributed by atoms with Crippen molar-refractivity contribution in [3.05, 3.63) is 23.8 Å². The van der Waals surface area contributed by atoms with Gasteiger partial charge in [0.05, 0.1) is 12.2 Å². The minimum absolute atomic E-state index is 0.123. The van der Waals surface area contributed by atoms with E-state index in [1.165, 1.54) is 0 Å². The van der Waals surface area contributed by atoms with Crippen molar-refractivity contribution in [2.24, 2.45) is 0 Å². The lowest BCUT2D eigenvalue weighted by Gasteiger charge is -2.17. The van der Waals surface area contributed by atoms with Crippen LogP contribution < -0.4 is 11.1 Å². The molecule has 106 valence electrons. The molecule has 0 fully saturated rings. The average Bonchev–Trinajstić information content (AvgIpc) is 2.38. The molecule has 0 spiro atoms. The molecule has 1 aromatic rings. The van der Waals surface area contributed by atoms with Gasteiger partial charge in [-0.2, -0.15) is 0 Å². The zero-order chi connectivity index (χ0) is 14.3. The number of nitrogens with two attached hydrogens (primary N) is 1. The van der Waals surface area contributed by atoms with Gasteiger partial charge in [0.1, 0.15) is 0 Å². The third kappa shape index (κ3) is 5.15. The third-order valence-corrected chi connectivity index (χ3v) is 2.78. The standard InChI is InChI=1S/C13H21N3O3/c1-16(7-8-19-2)6-5-15-10-3-4-12(14)11(9-10)13(17)18/h3-4,9,15H,5-8,14H2,1-2H3,(H,17,18). The number of methoxy groups -OCH3 is 1. The summed E-state index contributed by atoms with van der Waals surface area (Å²) in [6, 6.07) is 4.92. The summed E-state index contributed by atoms with van der Waals surface area (Å²) in [4.78, 5) is 13.1. The summed E-state index contributed by atoms with van der Waals surface area (Å²) >= 11 is 0. The van der Waals surface area contributed by atoms with Crippen molar-refractivity contribution < 1.29 is 14.6 Å². The molecule has 6 heteroatoms. The SMILES string of the molecule is COCCN(C)CCNc1ccc(N)c(C(=O)O)c1. The van der Waals surface area contributed by atoms with Gasteiger partial charge in [-0.05, 0) is 25.2 Å². The van der Waals surface area contributed by atoms with Crippen molar-refractivity contribution in [3.63, 3.8) is 0 Å². The van der Waals surface area contributed by atoms with Crippen LogP contribution in [-0.2, 0) is 4.74 Å². The molecule has 19 heavy (non-hydrogen) atoms. The Balaban J connectivity index is 2.45. The number of ether oxygens (including phenoxy) is 1. The number of likely N-dealkylation sites (N-methyl/N-ethyl adjacent to an activating group) is 1. The highest BCUT2D eigenvalue weighted by Gasteiger charge is 2.08. The highest BCUT2D eigenvalue weighted by Crippen LogP contribution is 2.17. The number of nitrogens with one attached hydrogen (secondary N) is 1. The Morgan fingerprint density at radius 2 is 2.21 bits per heavy atom. The summed E-state index contributed by atoms with van der Waals surface area (Å²) in [7, 11) is 3.68. The van der Waals surface area contributed by atoms with Gasteiger partial charge in [-0.1, -0.05) is 0 Å². The van der Waals surface area contributed by atoms with Crippen LogP contribution in [0.4, 0.5) is 11.4 Å². The van der Waals surface area contributed by atoms with E-state index in [0.29, 0.717) is 6.61 Å².